The van der Waals surface area contributed by atoms with Gasteiger partial charge in [-0.15, -0.1) is 0 Å². The van der Waals surface area contributed by atoms with Gasteiger partial charge in [0, 0.05) is 6.07 Å². The first-order valence-corrected chi connectivity index (χ1v) is 6.74. The van der Waals surface area contributed by atoms with Crippen molar-refractivity contribution >= 4 is 11.1 Å². The van der Waals surface area contributed by atoms with E-state index in [1.807, 2.05) is 0 Å². The standard InChI is InChI=1S/C14H13N3O4/c15-7-14(4-5-14)3-1-2-8-6-9(18)21-12-10(8)11(19)16-13(20)17-12/h6H,1-5H2,(H2,16,17,19,20). The zero-order valence-corrected chi connectivity index (χ0v) is 11.2. The molecule has 2 N–H and O–H groups in total. The molecule has 21 heavy (non-hydrogen) atoms. The summed E-state index contributed by atoms with van der Waals surface area (Å²) in [6.07, 6.45) is 3.75. The molecule has 1 aliphatic carbocycles. The molecule has 2 aromatic rings. The predicted octanol–water partition coefficient (Wildman–Crippen LogP) is 0.796. The molecule has 0 radical (unpaired) electrons. The maximum Gasteiger partial charge on any atom is 0.337 e. The average Bonchev–Trinajstić information content (AvgIpc) is 3.17. The van der Waals surface area contributed by atoms with E-state index < -0.39 is 16.9 Å². The van der Waals surface area contributed by atoms with Crippen LogP contribution in [0.1, 0.15) is 31.2 Å². The van der Waals surface area contributed by atoms with Crippen molar-refractivity contribution in [2.24, 2.45) is 5.41 Å². The molecular weight excluding hydrogens is 274 g/mol. The highest BCUT2D eigenvalue weighted by Gasteiger charge is 2.42. The predicted molar refractivity (Wildman–Crippen MR) is 73.9 cm³/mol. The topological polar surface area (TPSA) is 120 Å². The lowest BCUT2D eigenvalue weighted by Gasteiger charge is -2.06. The van der Waals surface area contributed by atoms with Crippen LogP contribution >= 0.6 is 0 Å². The van der Waals surface area contributed by atoms with Crippen LogP contribution in [0.5, 0.6) is 0 Å². The molecule has 0 saturated heterocycles. The van der Waals surface area contributed by atoms with Crippen molar-refractivity contribution in [1.29, 1.82) is 5.26 Å². The summed E-state index contributed by atoms with van der Waals surface area (Å²) in [6.45, 7) is 0. The number of hydrogen-bond donors (Lipinski definition) is 2. The van der Waals surface area contributed by atoms with Crippen LogP contribution in [0, 0.1) is 16.7 Å². The highest BCUT2D eigenvalue weighted by Crippen LogP contribution is 2.49. The van der Waals surface area contributed by atoms with E-state index in [-0.39, 0.29) is 16.5 Å². The van der Waals surface area contributed by atoms with Crippen LogP contribution in [0.4, 0.5) is 0 Å². The van der Waals surface area contributed by atoms with Crippen molar-refractivity contribution in [2.75, 3.05) is 0 Å². The van der Waals surface area contributed by atoms with Gasteiger partial charge in [-0.25, -0.2) is 9.59 Å². The normalized spacial score (nSPS) is 15.8. The van der Waals surface area contributed by atoms with E-state index in [0.717, 1.165) is 19.3 Å². The second-order valence-corrected chi connectivity index (χ2v) is 5.45. The molecule has 7 nitrogen and oxygen atoms in total. The molecule has 2 aromatic heterocycles. The van der Waals surface area contributed by atoms with Gasteiger partial charge < -0.3 is 4.42 Å². The Morgan fingerprint density at radius 3 is 2.71 bits per heavy atom. The monoisotopic (exact) mass is 287 g/mol. The molecule has 0 unspecified atom stereocenters. The van der Waals surface area contributed by atoms with Crippen molar-refractivity contribution in [2.45, 2.75) is 32.1 Å². The Labute approximate surface area is 118 Å². The third kappa shape index (κ3) is 2.52. The number of H-pyrrole nitrogens is 2. The van der Waals surface area contributed by atoms with Crippen LogP contribution in [0.15, 0.2) is 24.9 Å². The molecular formula is C14H13N3O4. The largest absolute Gasteiger partial charge is 0.405 e. The van der Waals surface area contributed by atoms with Crippen molar-refractivity contribution in [3.63, 3.8) is 0 Å². The number of aromatic amines is 2. The van der Waals surface area contributed by atoms with E-state index in [2.05, 4.69) is 16.0 Å². The zero-order chi connectivity index (χ0) is 15.0. The highest BCUT2D eigenvalue weighted by molar-refractivity contribution is 5.75. The molecule has 0 amide bonds. The maximum atomic E-state index is 11.9. The van der Waals surface area contributed by atoms with Crippen molar-refractivity contribution in [1.82, 2.24) is 9.97 Å². The minimum absolute atomic E-state index is 0.104. The first-order valence-electron chi connectivity index (χ1n) is 6.74. The molecule has 0 aliphatic heterocycles. The van der Waals surface area contributed by atoms with Crippen LogP contribution in [0.2, 0.25) is 0 Å². The Hall–Kier alpha value is -2.62. The van der Waals surface area contributed by atoms with Gasteiger partial charge in [-0.1, -0.05) is 0 Å². The van der Waals surface area contributed by atoms with Crippen LogP contribution in [-0.4, -0.2) is 9.97 Å². The first kappa shape index (κ1) is 13.4. The summed E-state index contributed by atoms with van der Waals surface area (Å²) in [5, 5.41) is 9.23. The van der Waals surface area contributed by atoms with Gasteiger partial charge in [-0.2, -0.15) is 5.26 Å². The number of rotatable bonds is 4. The van der Waals surface area contributed by atoms with E-state index >= 15 is 0 Å². The van der Waals surface area contributed by atoms with Gasteiger partial charge in [0.25, 0.3) is 5.56 Å². The van der Waals surface area contributed by atoms with Gasteiger partial charge in [0.15, 0.2) is 0 Å². The summed E-state index contributed by atoms with van der Waals surface area (Å²) in [4.78, 5) is 39.0. The van der Waals surface area contributed by atoms with Gasteiger partial charge in [-0.05, 0) is 37.7 Å². The number of aryl methyl sites for hydroxylation is 1. The van der Waals surface area contributed by atoms with Gasteiger partial charge in [-0.3, -0.25) is 14.8 Å². The van der Waals surface area contributed by atoms with Crippen molar-refractivity contribution in [3.8, 4) is 6.07 Å². The molecule has 7 heteroatoms. The molecule has 1 aliphatic rings. The SMILES string of the molecule is N#CC1(CCCc2cc(=O)oc3[nH]c(=O)[nH]c(=O)c23)CC1. The second-order valence-electron chi connectivity index (χ2n) is 5.45. The summed E-state index contributed by atoms with van der Waals surface area (Å²) in [5.74, 6) is 0. The molecule has 0 aromatic carbocycles. The van der Waals surface area contributed by atoms with E-state index in [1.54, 1.807) is 0 Å². The summed E-state index contributed by atoms with van der Waals surface area (Å²) in [6, 6.07) is 3.58. The van der Waals surface area contributed by atoms with E-state index in [0.29, 0.717) is 18.4 Å². The smallest absolute Gasteiger partial charge is 0.337 e. The lowest BCUT2D eigenvalue weighted by molar-refractivity contribution is 0.538. The molecule has 0 bridgehead atoms. The molecule has 3 rings (SSSR count). The van der Waals surface area contributed by atoms with Crippen LogP contribution in [-0.2, 0) is 6.42 Å². The number of aromatic nitrogens is 2. The lowest BCUT2D eigenvalue weighted by Crippen LogP contribution is -2.24. The van der Waals surface area contributed by atoms with E-state index in [4.69, 9.17) is 9.68 Å². The molecule has 2 heterocycles. The number of nitriles is 1. The molecule has 0 spiro atoms. The minimum Gasteiger partial charge on any atom is -0.405 e. The fraction of sp³-hybridized carbons (Fsp3) is 0.429. The maximum absolute atomic E-state index is 11.9. The number of fused-ring (bicyclic) bond motifs is 1. The van der Waals surface area contributed by atoms with Crippen molar-refractivity contribution in [3.05, 3.63) is 42.9 Å². The lowest BCUT2D eigenvalue weighted by atomic mass is 9.98. The minimum atomic E-state index is -0.714. The Morgan fingerprint density at radius 1 is 1.29 bits per heavy atom. The quantitative estimate of drug-likeness (QED) is 0.861. The van der Waals surface area contributed by atoms with Crippen molar-refractivity contribution < 1.29 is 4.42 Å². The molecule has 1 saturated carbocycles. The summed E-state index contributed by atoms with van der Waals surface area (Å²) in [5.41, 5.74) is -1.68. The van der Waals surface area contributed by atoms with Gasteiger partial charge >= 0.3 is 11.3 Å². The summed E-state index contributed by atoms with van der Waals surface area (Å²) < 4.78 is 4.86. The number of hydrogen-bond acceptors (Lipinski definition) is 5. The Morgan fingerprint density at radius 2 is 2.05 bits per heavy atom. The fourth-order valence-corrected chi connectivity index (χ4v) is 2.56. The molecule has 0 atom stereocenters. The average molecular weight is 287 g/mol. The third-order valence-corrected chi connectivity index (χ3v) is 3.92. The first-order chi connectivity index (χ1) is 10.0. The Kier molecular flexibility index (Phi) is 3.01. The highest BCUT2D eigenvalue weighted by atomic mass is 16.4. The Balaban J connectivity index is 1.95. The fourth-order valence-electron chi connectivity index (χ4n) is 2.56. The van der Waals surface area contributed by atoms with Crippen LogP contribution in [0.3, 0.4) is 0 Å². The second kappa shape index (κ2) is 4.74. The van der Waals surface area contributed by atoms with Gasteiger partial charge in [0.05, 0.1) is 11.5 Å². The Bertz CT molecular complexity index is 903. The number of nitrogens with zero attached hydrogens (tertiary/aromatic N) is 1. The van der Waals surface area contributed by atoms with Gasteiger partial charge in [0.2, 0.25) is 5.71 Å². The van der Waals surface area contributed by atoms with Gasteiger partial charge in [0.1, 0.15) is 5.39 Å². The summed E-state index contributed by atoms with van der Waals surface area (Å²) in [7, 11) is 0. The van der Waals surface area contributed by atoms with E-state index in [9.17, 15) is 14.4 Å². The van der Waals surface area contributed by atoms with Crippen LogP contribution < -0.4 is 16.9 Å². The molecule has 108 valence electrons. The molecule has 1 fully saturated rings. The number of nitrogens with one attached hydrogen (secondary N) is 2. The third-order valence-electron chi connectivity index (χ3n) is 3.92. The van der Waals surface area contributed by atoms with E-state index in [1.165, 1.54) is 6.07 Å². The zero-order valence-electron chi connectivity index (χ0n) is 11.2. The van der Waals surface area contributed by atoms with Crippen LogP contribution in [0.25, 0.3) is 11.1 Å². The summed E-state index contributed by atoms with van der Waals surface area (Å²) >= 11 is 0.